The van der Waals surface area contributed by atoms with E-state index in [0.717, 1.165) is 42.1 Å². The predicted octanol–water partition coefficient (Wildman–Crippen LogP) is 9.27. The summed E-state index contributed by atoms with van der Waals surface area (Å²) in [5.74, 6) is 3.70. The van der Waals surface area contributed by atoms with Crippen LogP contribution >= 0.6 is 0 Å². The van der Waals surface area contributed by atoms with E-state index in [2.05, 4.69) is 40.7 Å². The zero-order valence-electron chi connectivity index (χ0n) is 23.0. The smallest absolute Gasteiger partial charge is 0.123 e. The summed E-state index contributed by atoms with van der Waals surface area (Å²) in [6, 6.07) is 6.50. The molecule has 1 N–H and O–H groups in total. The molecule has 1 nitrogen and oxygen atoms in total. The van der Waals surface area contributed by atoms with E-state index in [1.165, 1.54) is 69.9 Å². The second-order valence-electron chi connectivity index (χ2n) is 14.0. The average Bonchev–Trinajstić information content (AvgIpc) is 3.20. The lowest BCUT2D eigenvalue weighted by molar-refractivity contribution is -0.0580. The van der Waals surface area contributed by atoms with Crippen molar-refractivity contribution >= 4 is 0 Å². The SMILES string of the molecule is CC[C@]1(C)CC[C@@]2(C)C(=CCC3[C@@H]4CC[C@H]([C@H](C)CC[C@H](O)c5cccc(F)c5)[C@@]4(C)CC[C@@H]32)C1. The Hall–Kier alpha value is -1.15. The number of fused-ring (bicyclic) bond motifs is 5. The zero-order valence-corrected chi connectivity index (χ0v) is 23.0. The van der Waals surface area contributed by atoms with Crippen molar-refractivity contribution in [3.8, 4) is 0 Å². The number of aliphatic hydroxyl groups is 1. The number of rotatable bonds is 6. The summed E-state index contributed by atoms with van der Waals surface area (Å²) in [4.78, 5) is 0. The molecular formula is C33H49FO. The molecule has 0 saturated heterocycles. The summed E-state index contributed by atoms with van der Waals surface area (Å²) in [7, 11) is 0. The van der Waals surface area contributed by atoms with Gasteiger partial charge in [-0.1, -0.05) is 64.8 Å². The van der Waals surface area contributed by atoms with Gasteiger partial charge in [-0.25, -0.2) is 4.39 Å². The third-order valence-corrected chi connectivity index (χ3v) is 12.2. The molecule has 2 heteroatoms. The van der Waals surface area contributed by atoms with Gasteiger partial charge in [0.2, 0.25) is 0 Å². The standard InChI is InChI=1S/C33H49FO/c1-6-31(3)18-19-32(4)24(21-31)11-12-26-28-14-13-27(33(28,5)17-16-29(26)32)22(2)10-15-30(35)23-8-7-9-25(34)20-23/h7-9,11,20,22,26-30,35H,6,10,12-19,21H2,1-5H3/t22-,26?,27-,28+,29+,30+,31-,32+,33-/m1/s1. The minimum Gasteiger partial charge on any atom is -0.388 e. The number of halogens is 1. The molecule has 0 bridgehead atoms. The van der Waals surface area contributed by atoms with E-state index in [9.17, 15) is 9.50 Å². The van der Waals surface area contributed by atoms with E-state index in [0.29, 0.717) is 22.2 Å². The van der Waals surface area contributed by atoms with Crippen LogP contribution in [0.1, 0.15) is 117 Å². The van der Waals surface area contributed by atoms with Crippen LogP contribution in [0.25, 0.3) is 0 Å². The maximum atomic E-state index is 13.6. The fourth-order valence-corrected chi connectivity index (χ4v) is 9.67. The van der Waals surface area contributed by atoms with Gasteiger partial charge in [0.25, 0.3) is 0 Å². The van der Waals surface area contributed by atoms with Crippen LogP contribution < -0.4 is 0 Å². The van der Waals surface area contributed by atoms with Crippen molar-refractivity contribution in [2.45, 2.75) is 111 Å². The second kappa shape index (κ2) is 9.30. The molecule has 0 aromatic heterocycles. The Balaban J connectivity index is 1.27. The average molecular weight is 481 g/mol. The first-order valence-corrected chi connectivity index (χ1v) is 14.7. The highest BCUT2D eigenvalue weighted by Gasteiger charge is 2.59. The molecule has 0 radical (unpaired) electrons. The van der Waals surface area contributed by atoms with Crippen molar-refractivity contribution in [3.05, 3.63) is 47.3 Å². The lowest BCUT2D eigenvalue weighted by atomic mass is 9.45. The highest BCUT2D eigenvalue weighted by atomic mass is 19.1. The van der Waals surface area contributed by atoms with Crippen LogP contribution in [0.5, 0.6) is 0 Å². The van der Waals surface area contributed by atoms with Crippen molar-refractivity contribution in [1.29, 1.82) is 0 Å². The van der Waals surface area contributed by atoms with Gasteiger partial charge in [0.1, 0.15) is 5.82 Å². The lowest BCUT2D eigenvalue weighted by Gasteiger charge is -2.59. The van der Waals surface area contributed by atoms with E-state index in [1.54, 1.807) is 6.07 Å². The minimum atomic E-state index is -0.559. The van der Waals surface area contributed by atoms with E-state index in [-0.39, 0.29) is 5.82 Å². The van der Waals surface area contributed by atoms with Gasteiger partial charge in [-0.15, -0.1) is 0 Å². The fraction of sp³-hybridized carbons (Fsp3) is 0.758. The van der Waals surface area contributed by atoms with Crippen molar-refractivity contribution in [1.82, 2.24) is 0 Å². The molecular weight excluding hydrogens is 431 g/mol. The third kappa shape index (κ3) is 4.34. The molecule has 0 heterocycles. The summed E-state index contributed by atoms with van der Waals surface area (Å²) in [5, 5.41) is 10.7. The molecule has 194 valence electrons. The molecule has 3 saturated carbocycles. The zero-order chi connectivity index (χ0) is 25.0. The number of benzene rings is 1. The Bertz CT molecular complexity index is 952. The maximum Gasteiger partial charge on any atom is 0.123 e. The van der Waals surface area contributed by atoms with Gasteiger partial charge in [-0.2, -0.15) is 0 Å². The van der Waals surface area contributed by atoms with Crippen LogP contribution in [0, 0.1) is 51.7 Å². The lowest BCUT2D eigenvalue weighted by Crippen LogP contribution is -2.51. The van der Waals surface area contributed by atoms with Crippen LogP contribution in [0.4, 0.5) is 4.39 Å². The quantitative estimate of drug-likeness (QED) is 0.402. The molecule has 4 aliphatic rings. The maximum absolute atomic E-state index is 13.6. The predicted molar refractivity (Wildman–Crippen MR) is 143 cm³/mol. The highest BCUT2D eigenvalue weighted by molar-refractivity contribution is 5.26. The largest absolute Gasteiger partial charge is 0.388 e. The van der Waals surface area contributed by atoms with E-state index >= 15 is 0 Å². The van der Waals surface area contributed by atoms with Crippen LogP contribution in [-0.4, -0.2) is 5.11 Å². The van der Waals surface area contributed by atoms with E-state index < -0.39 is 6.10 Å². The van der Waals surface area contributed by atoms with Crippen molar-refractivity contribution in [3.63, 3.8) is 0 Å². The van der Waals surface area contributed by atoms with Crippen LogP contribution in [-0.2, 0) is 0 Å². The van der Waals surface area contributed by atoms with Crippen LogP contribution in [0.15, 0.2) is 35.9 Å². The molecule has 9 atom stereocenters. The van der Waals surface area contributed by atoms with Crippen molar-refractivity contribution in [2.24, 2.45) is 45.8 Å². The normalized spacial score (nSPS) is 42.4. The highest BCUT2D eigenvalue weighted by Crippen LogP contribution is 2.68. The first kappa shape index (κ1) is 25.5. The van der Waals surface area contributed by atoms with Crippen molar-refractivity contribution in [2.75, 3.05) is 0 Å². The molecule has 1 unspecified atom stereocenters. The Morgan fingerprint density at radius 3 is 2.57 bits per heavy atom. The first-order chi connectivity index (χ1) is 16.6. The van der Waals surface area contributed by atoms with Gasteiger partial charge in [0.05, 0.1) is 6.10 Å². The molecule has 0 aliphatic heterocycles. The summed E-state index contributed by atoms with van der Waals surface area (Å²) < 4.78 is 13.6. The van der Waals surface area contributed by atoms with Gasteiger partial charge < -0.3 is 5.11 Å². The summed E-state index contributed by atoms with van der Waals surface area (Å²) >= 11 is 0. The van der Waals surface area contributed by atoms with E-state index in [1.807, 2.05) is 11.6 Å². The van der Waals surface area contributed by atoms with Crippen molar-refractivity contribution < 1.29 is 9.50 Å². The molecule has 0 spiro atoms. The number of aliphatic hydroxyl groups excluding tert-OH is 1. The third-order valence-electron chi connectivity index (χ3n) is 12.2. The van der Waals surface area contributed by atoms with Crippen LogP contribution in [0.3, 0.4) is 0 Å². The number of hydrogen-bond acceptors (Lipinski definition) is 1. The van der Waals surface area contributed by atoms with Gasteiger partial charge in [0, 0.05) is 0 Å². The Labute approximate surface area is 214 Å². The van der Waals surface area contributed by atoms with Gasteiger partial charge in [0.15, 0.2) is 0 Å². The van der Waals surface area contributed by atoms with Gasteiger partial charge in [-0.05, 0) is 128 Å². The molecule has 5 rings (SSSR count). The summed E-state index contributed by atoms with van der Waals surface area (Å²) in [6.07, 6.45) is 16.2. The van der Waals surface area contributed by atoms with Crippen LogP contribution in [0.2, 0.25) is 0 Å². The van der Waals surface area contributed by atoms with Gasteiger partial charge in [-0.3, -0.25) is 0 Å². The fourth-order valence-electron chi connectivity index (χ4n) is 9.67. The molecule has 4 aliphatic carbocycles. The molecule has 3 fully saturated rings. The molecule has 35 heavy (non-hydrogen) atoms. The first-order valence-electron chi connectivity index (χ1n) is 14.7. The monoisotopic (exact) mass is 480 g/mol. The molecule has 1 aromatic carbocycles. The Morgan fingerprint density at radius 2 is 1.83 bits per heavy atom. The summed E-state index contributed by atoms with van der Waals surface area (Å²) in [6.45, 7) is 12.6. The molecule has 1 aromatic rings. The van der Waals surface area contributed by atoms with E-state index in [4.69, 9.17) is 0 Å². The Morgan fingerprint density at radius 1 is 1.03 bits per heavy atom. The molecule has 0 amide bonds. The van der Waals surface area contributed by atoms with Gasteiger partial charge >= 0.3 is 0 Å². The number of allylic oxidation sites excluding steroid dienone is 2. The second-order valence-corrected chi connectivity index (χ2v) is 14.0. The number of hydrogen-bond donors (Lipinski definition) is 1. The topological polar surface area (TPSA) is 20.2 Å². The summed E-state index contributed by atoms with van der Waals surface area (Å²) in [5.41, 5.74) is 3.94. The minimum absolute atomic E-state index is 0.256. The Kier molecular flexibility index (Phi) is 6.78.